The van der Waals surface area contributed by atoms with Crippen LogP contribution in [0.4, 0.5) is 10.1 Å². The van der Waals surface area contributed by atoms with Crippen molar-refractivity contribution in [3.05, 3.63) is 89.7 Å². The van der Waals surface area contributed by atoms with Gasteiger partial charge in [-0.25, -0.2) is 9.18 Å². The number of carbonyl (C=O) groups is 3. The highest BCUT2D eigenvalue weighted by Crippen LogP contribution is 2.23. The van der Waals surface area contributed by atoms with E-state index in [1.807, 2.05) is 12.1 Å². The number of halogens is 1. The lowest BCUT2D eigenvalue weighted by molar-refractivity contribution is -0.141. The van der Waals surface area contributed by atoms with Gasteiger partial charge in [0.1, 0.15) is 11.9 Å². The summed E-state index contributed by atoms with van der Waals surface area (Å²) in [5, 5.41) is 11.8. The molecule has 0 aliphatic rings. The Morgan fingerprint density at radius 3 is 1.84 bits per heavy atom. The van der Waals surface area contributed by atoms with Crippen LogP contribution in [-0.2, 0) is 4.79 Å². The first-order valence-electron chi connectivity index (χ1n) is 9.53. The summed E-state index contributed by atoms with van der Waals surface area (Å²) in [5.41, 5.74) is 3.08. The molecule has 0 aliphatic carbocycles. The Morgan fingerprint density at radius 1 is 0.839 bits per heavy atom. The van der Waals surface area contributed by atoms with E-state index in [1.165, 1.54) is 43.1 Å². The quantitative estimate of drug-likeness (QED) is 0.623. The van der Waals surface area contributed by atoms with Crippen molar-refractivity contribution in [1.29, 1.82) is 0 Å². The molecular formula is C24H21FN2O4. The lowest BCUT2D eigenvalue weighted by atomic mass is 10.0. The number of hydrogen-bond acceptors (Lipinski definition) is 3. The van der Waals surface area contributed by atoms with Crippen molar-refractivity contribution in [3.8, 4) is 11.1 Å². The summed E-state index contributed by atoms with van der Waals surface area (Å²) in [7, 11) is 1.45. The normalized spacial score (nSPS) is 11.5. The molecule has 3 aromatic carbocycles. The average molecular weight is 420 g/mol. The fraction of sp³-hybridized carbons (Fsp3) is 0.125. The van der Waals surface area contributed by atoms with Crippen molar-refractivity contribution in [3.63, 3.8) is 0 Å². The van der Waals surface area contributed by atoms with Crippen LogP contribution in [0.3, 0.4) is 0 Å². The molecule has 0 unspecified atom stereocenters. The fourth-order valence-electron chi connectivity index (χ4n) is 2.90. The Balaban J connectivity index is 1.68. The molecule has 3 aromatic rings. The van der Waals surface area contributed by atoms with Gasteiger partial charge >= 0.3 is 5.97 Å². The van der Waals surface area contributed by atoms with E-state index in [-0.39, 0.29) is 11.8 Å². The van der Waals surface area contributed by atoms with Crippen molar-refractivity contribution < 1.29 is 23.9 Å². The Kier molecular flexibility index (Phi) is 6.45. The van der Waals surface area contributed by atoms with E-state index < -0.39 is 17.8 Å². The lowest BCUT2D eigenvalue weighted by Gasteiger charge is -2.21. The number of benzene rings is 3. The third-order valence-corrected chi connectivity index (χ3v) is 4.97. The van der Waals surface area contributed by atoms with Crippen molar-refractivity contribution in [2.24, 2.45) is 0 Å². The summed E-state index contributed by atoms with van der Waals surface area (Å²) < 4.78 is 13.0. The molecular weight excluding hydrogens is 399 g/mol. The number of anilines is 1. The molecule has 0 heterocycles. The Hall–Kier alpha value is -4.00. The number of amides is 2. The number of nitrogens with zero attached hydrogens (tertiary/aromatic N) is 1. The molecule has 3 rings (SSSR count). The maximum absolute atomic E-state index is 13.0. The molecule has 0 fully saturated rings. The van der Waals surface area contributed by atoms with E-state index in [0.717, 1.165) is 11.1 Å². The van der Waals surface area contributed by atoms with Crippen molar-refractivity contribution >= 4 is 23.5 Å². The molecule has 0 spiro atoms. The Labute approximate surface area is 178 Å². The second-order valence-corrected chi connectivity index (χ2v) is 7.05. The van der Waals surface area contributed by atoms with Gasteiger partial charge < -0.3 is 15.3 Å². The van der Waals surface area contributed by atoms with Gasteiger partial charge in [-0.05, 0) is 66.6 Å². The van der Waals surface area contributed by atoms with Gasteiger partial charge in [0, 0.05) is 23.9 Å². The molecule has 0 bridgehead atoms. The van der Waals surface area contributed by atoms with E-state index in [0.29, 0.717) is 16.8 Å². The van der Waals surface area contributed by atoms with Crippen LogP contribution in [0.25, 0.3) is 11.1 Å². The molecule has 7 heteroatoms. The summed E-state index contributed by atoms with van der Waals surface area (Å²) in [5.74, 6) is -2.19. The zero-order valence-electron chi connectivity index (χ0n) is 17.0. The number of likely N-dealkylation sites (N-methyl/N-ethyl adjacent to an activating group) is 1. The number of aliphatic carboxylic acids is 1. The number of carbonyl (C=O) groups excluding carboxylic acids is 2. The number of carboxylic acid groups (broad SMARTS) is 1. The maximum atomic E-state index is 13.0. The van der Waals surface area contributed by atoms with E-state index in [4.69, 9.17) is 5.11 Å². The van der Waals surface area contributed by atoms with Gasteiger partial charge in [0.05, 0.1) is 0 Å². The van der Waals surface area contributed by atoms with Gasteiger partial charge in [0.25, 0.3) is 11.8 Å². The number of rotatable bonds is 6. The Morgan fingerprint density at radius 2 is 1.32 bits per heavy atom. The standard InChI is InChI=1S/C24H21FN2O4/c1-15(24(30)31)27(2)23(29)19-5-3-16(4-6-19)17-9-13-21(14-10-17)26-22(28)18-7-11-20(25)12-8-18/h3-15H,1-2H3,(H,26,28)(H,30,31)/t15-/m0/s1. The van der Waals surface area contributed by atoms with Gasteiger partial charge in [-0.3, -0.25) is 9.59 Å². The highest BCUT2D eigenvalue weighted by molar-refractivity contribution is 6.04. The molecule has 158 valence electrons. The van der Waals surface area contributed by atoms with Crippen LogP contribution in [0.5, 0.6) is 0 Å². The smallest absolute Gasteiger partial charge is 0.326 e. The summed E-state index contributed by atoms with van der Waals surface area (Å²) in [4.78, 5) is 36.9. The molecule has 2 amide bonds. The van der Waals surface area contributed by atoms with Crippen LogP contribution in [0.2, 0.25) is 0 Å². The molecule has 0 aliphatic heterocycles. The molecule has 0 radical (unpaired) electrons. The van der Waals surface area contributed by atoms with Crippen LogP contribution < -0.4 is 5.32 Å². The molecule has 31 heavy (non-hydrogen) atoms. The highest BCUT2D eigenvalue weighted by atomic mass is 19.1. The van der Waals surface area contributed by atoms with Crippen molar-refractivity contribution in [1.82, 2.24) is 4.90 Å². The van der Waals surface area contributed by atoms with Crippen LogP contribution in [0.1, 0.15) is 27.6 Å². The van der Waals surface area contributed by atoms with Crippen LogP contribution >= 0.6 is 0 Å². The summed E-state index contributed by atoms with van der Waals surface area (Å²) in [6, 6.07) is 18.4. The Bertz CT molecular complexity index is 1090. The van der Waals surface area contributed by atoms with Gasteiger partial charge in [0.15, 0.2) is 0 Å². The first-order valence-corrected chi connectivity index (χ1v) is 9.53. The molecule has 1 atom stereocenters. The number of carboxylic acids is 1. The molecule has 2 N–H and O–H groups in total. The summed E-state index contributed by atoms with van der Waals surface area (Å²) in [6.07, 6.45) is 0. The van der Waals surface area contributed by atoms with Gasteiger partial charge in [-0.2, -0.15) is 0 Å². The largest absolute Gasteiger partial charge is 0.480 e. The van der Waals surface area contributed by atoms with E-state index in [2.05, 4.69) is 5.32 Å². The second-order valence-electron chi connectivity index (χ2n) is 7.05. The molecule has 0 aromatic heterocycles. The average Bonchev–Trinajstić information content (AvgIpc) is 2.78. The van der Waals surface area contributed by atoms with Crippen LogP contribution in [-0.4, -0.2) is 40.9 Å². The van der Waals surface area contributed by atoms with E-state index >= 15 is 0 Å². The van der Waals surface area contributed by atoms with E-state index in [1.54, 1.807) is 36.4 Å². The third kappa shape index (κ3) is 5.14. The zero-order valence-corrected chi connectivity index (χ0v) is 17.0. The third-order valence-electron chi connectivity index (χ3n) is 4.97. The topological polar surface area (TPSA) is 86.7 Å². The highest BCUT2D eigenvalue weighted by Gasteiger charge is 2.22. The van der Waals surface area contributed by atoms with Crippen molar-refractivity contribution in [2.75, 3.05) is 12.4 Å². The minimum absolute atomic E-state index is 0.338. The first kappa shape index (κ1) is 21.7. The maximum Gasteiger partial charge on any atom is 0.326 e. The first-order chi connectivity index (χ1) is 14.8. The predicted octanol–water partition coefficient (Wildman–Crippen LogP) is 4.29. The summed E-state index contributed by atoms with van der Waals surface area (Å²) >= 11 is 0. The monoisotopic (exact) mass is 420 g/mol. The minimum atomic E-state index is -1.07. The van der Waals surface area contributed by atoms with Crippen LogP contribution in [0, 0.1) is 5.82 Å². The number of hydrogen-bond donors (Lipinski definition) is 2. The van der Waals surface area contributed by atoms with Crippen LogP contribution in [0.15, 0.2) is 72.8 Å². The molecule has 0 saturated carbocycles. The SMILES string of the molecule is C[C@@H](C(=O)O)N(C)C(=O)c1ccc(-c2ccc(NC(=O)c3ccc(F)cc3)cc2)cc1. The van der Waals surface area contributed by atoms with Gasteiger partial charge in [-0.1, -0.05) is 24.3 Å². The predicted molar refractivity (Wildman–Crippen MR) is 115 cm³/mol. The van der Waals surface area contributed by atoms with Gasteiger partial charge in [0.2, 0.25) is 0 Å². The lowest BCUT2D eigenvalue weighted by Crippen LogP contribution is -2.40. The van der Waals surface area contributed by atoms with E-state index in [9.17, 15) is 18.8 Å². The molecule has 0 saturated heterocycles. The van der Waals surface area contributed by atoms with Crippen molar-refractivity contribution in [2.45, 2.75) is 13.0 Å². The number of nitrogens with one attached hydrogen (secondary N) is 1. The van der Waals surface area contributed by atoms with Gasteiger partial charge in [-0.15, -0.1) is 0 Å². The zero-order chi connectivity index (χ0) is 22.5. The second kappa shape index (κ2) is 9.21. The summed E-state index contributed by atoms with van der Waals surface area (Å²) in [6.45, 7) is 1.45. The minimum Gasteiger partial charge on any atom is -0.480 e. The molecule has 6 nitrogen and oxygen atoms in total. The fourth-order valence-corrected chi connectivity index (χ4v) is 2.90.